The van der Waals surface area contributed by atoms with Gasteiger partial charge in [-0.15, -0.1) is 0 Å². The molecule has 3 N–H and O–H groups in total. The van der Waals surface area contributed by atoms with Crippen molar-refractivity contribution in [1.82, 2.24) is 5.43 Å². The zero-order valence-electron chi connectivity index (χ0n) is 11.9. The Morgan fingerprint density at radius 1 is 1.10 bits per heavy atom. The first-order valence-electron chi connectivity index (χ1n) is 6.43. The van der Waals surface area contributed by atoms with Gasteiger partial charge in [-0.1, -0.05) is 35.4 Å². The molecular weight excluding hydrogens is 272 g/mol. The van der Waals surface area contributed by atoms with Crippen LogP contribution in [0.25, 0.3) is 0 Å². The van der Waals surface area contributed by atoms with Gasteiger partial charge in [0.1, 0.15) is 5.75 Å². The van der Waals surface area contributed by atoms with Gasteiger partial charge in [0.05, 0.1) is 13.2 Å². The van der Waals surface area contributed by atoms with Crippen LogP contribution >= 0.6 is 11.6 Å². The van der Waals surface area contributed by atoms with Crippen molar-refractivity contribution < 1.29 is 4.74 Å². The summed E-state index contributed by atoms with van der Waals surface area (Å²) < 4.78 is 5.44. The molecule has 0 saturated heterocycles. The summed E-state index contributed by atoms with van der Waals surface area (Å²) >= 11 is 6.14. The Hall–Kier alpha value is -1.55. The van der Waals surface area contributed by atoms with Crippen LogP contribution in [0.1, 0.15) is 28.3 Å². The number of methoxy groups -OCH3 is 1. The molecule has 2 aromatic carbocycles. The summed E-state index contributed by atoms with van der Waals surface area (Å²) in [4.78, 5) is 0. The van der Waals surface area contributed by atoms with E-state index in [0.717, 1.165) is 28.0 Å². The first kappa shape index (κ1) is 14.9. The third-order valence-corrected chi connectivity index (χ3v) is 3.48. The van der Waals surface area contributed by atoms with Crippen LogP contribution < -0.4 is 16.0 Å². The minimum Gasteiger partial charge on any atom is -0.496 e. The van der Waals surface area contributed by atoms with Crippen LogP contribution in [0.2, 0.25) is 5.02 Å². The second-order valence-corrected chi connectivity index (χ2v) is 5.34. The van der Waals surface area contributed by atoms with Crippen LogP contribution in [0.5, 0.6) is 5.75 Å². The maximum Gasteiger partial charge on any atom is 0.124 e. The van der Waals surface area contributed by atoms with Gasteiger partial charge in [-0.3, -0.25) is 5.84 Å². The Kier molecular flexibility index (Phi) is 4.65. The second kappa shape index (κ2) is 6.27. The first-order chi connectivity index (χ1) is 9.55. The van der Waals surface area contributed by atoms with Crippen LogP contribution in [0.15, 0.2) is 36.4 Å². The lowest BCUT2D eigenvalue weighted by Crippen LogP contribution is -2.29. The summed E-state index contributed by atoms with van der Waals surface area (Å²) in [5.74, 6) is 6.56. The zero-order valence-corrected chi connectivity index (χ0v) is 12.7. The average Bonchev–Trinajstić information content (AvgIpc) is 2.39. The van der Waals surface area contributed by atoms with Crippen molar-refractivity contribution in [3.8, 4) is 5.75 Å². The molecule has 0 saturated carbocycles. The number of hydrogen-bond donors (Lipinski definition) is 2. The summed E-state index contributed by atoms with van der Waals surface area (Å²) in [6.07, 6.45) is 0. The highest BCUT2D eigenvalue weighted by atomic mass is 35.5. The normalized spacial score (nSPS) is 12.2. The van der Waals surface area contributed by atoms with Crippen LogP contribution in [-0.2, 0) is 0 Å². The number of ether oxygens (including phenoxy) is 1. The highest BCUT2D eigenvalue weighted by Gasteiger charge is 2.18. The third-order valence-electron chi connectivity index (χ3n) is 3.26. The fourth-order valence-electron chi connectivity index (χ4n) is 2.38. The first-order valence-corrected chi connectivity index (χ1v) is 6.80. The van der Waals surface area contributed by atoms with E-state index in [0.29, 0.717) is 5.02 Å². The third kappa shape index (κ3) is 3.12. The monoisotopic (exact) mass is 290 g/mol. The molecule has 1 atom stereocenters. The number of aryl methyl sites for hydroxylation is 2. The van der Waals surface area contributed by atoms with Crippen molar-refractivity contribution in [1.29, 1.82) is 0 Å². The Bertz CT molecular complexity index is 593. The van der Waals surface area contributed by atoms with Gasteiger partial charge in [-0.25, -0.2) is 5.43 Å². The zero-order chi connectivity index (χ0) is 14.7. The van der Waals surface area contributed by atoms with Crippen LogP contribution in [0, 0.1) is 13.8 Å². The van der Waals surface area contributed by atoms with Gasteiger partial charge in [0.15, 0.2) is 0 Å². The molecule has 2 aromatic rings. The van der Waals surface area contributed by atoms with E-state index < -0.39 is 0 Å². The van der Waals surface area contributed by atoms with Gasteiger partial charge in [0.2, 0.25) is 0 Å². The fourth-order valence-corrected chi connectivity index (χ4v) is 2.67. The molecule has 0 heterocycles. The number of nitrogens with two attached hydrogens (primary N) is 1. The molecular formula is C16H19ClN2O. The minimum atomic E-state index is -0.165. The Balaban J connectivity index is 2.54. The maximum absolute atomic E-state index is 6.14. The van der Waals surface area contributed by atoms with E-state index in [2.05, 4.69) is 17.6 Å². The summed E-state index contributed by atoms with van der Waals surface area (Å²) in [7, 11) is 1.66. The fraction of sp³-hybridized carbons (Fsp3) is 0.250. The highest BCUT2D eigenvalue weighted by Crippen LogP contribution is 2.32. The molecule has 0 radical (unpaired) electrons. The Labute approximate surface area is 124 Å². The molecule has 0 spiro atoms. The number of benzene rings is 2. The number of halogens is 1. The van der Waals surface area contributed by atoms with Crippen molar-refractivity contribution >= 4 is 11.6 Å². The smallest absolute Gasteiger partial charge is 0.124 e. The number of rotatable bonds is 4. The van der Waals surface area contributed by atoms with E-state index in [1.54, 1.807) is 7.11 Å². The predicted molar refractivity (Wildman–Crippen MR) is 83.1 cm³/mol. The summed E-state index contributed by atoms with van der Waals surface area (Å²) in [6.45, 7) is 4.05. The van der Waals surface area contributed by atoms with Gasteiger partial charge in [0, 0.05) is 10.6 Å². The van der Waals surface area contributed by atoms with E-state index in [1.807, 2.05) is 38.1 Å². The largest absolute Gasteiger partial charge is 0.496 e. The Morgan fingerprint density at radius 3 is 2.45 bits per heavy atom. The molecule has 0 bridgehead atoms. The number of nitrogens with one attached hydrogen (secondary N) is 1. The van der Waals surface area contributed by atoms with E-state index in [-0.39, 0.29) is 6.04 Å². The average molecular weight is 291 g/mol. The molecule has 3 nitrogen and oxygen atoms in total. The van der Waals surface area contributed by atoms with Crippen LogP contribution in [0.3, 0.4) is 0 Å². The van der Waals surface area contributed by atoms with Crippen molar-refractivity contribution in [2.24, 2.45) is 5.84 Å². The van der Waals surface area contributed by atoms with Gasteiger partial charge < -0.3 is 4.74 Å². The molecule has 0 aromatic heterocycles. The molecule has 20 heavy (non-hydrogen) atoms. The lowest BCUT2D eigenvalue weighted by Gasteiger charge is -2.21. The summed E-state index contributed by atoms with van der Waals surface area (Å²) in [5.41, 5.74) is 7.11. The standard InChI is InChI=1S/C16H19ClN2O/c1-10-4-5-15(20-3)14(8-10)16(19-18)12-6-11(2)7-13(17)9-12/h4-9,16,19H,18H2,1-3H3. The molecule has 2 rings (SSSR count). The minimum absolute atomic E-state index is 0.165. The molecule has 0 aliphatic heterocycles. The number of hydrogen-bond acceptors (Lipinski definition) is 3. The van der Waals surface area contributed by atoms with Gasteiger partial charge >= 0.3 is 0 Å². The molecule has 0 amide bonds. The lowest BCUT2D eigenvalue weighted by molar-refractivity contribution is 0.404. The van der Waals surface area contributed by atoms with E-state index in [4.69, 9.17) is 22.2 Å². The maximum atomic E-state index is 6.14. The second-order valence-electron chi connectivity index (χ2n) is 4.91. The lowest BCUT2D eigenvalue weighted by atomic mass is 9.96. The van der Waals surface area contributed by atoms with Gasteiger partial charge in [-0.05, 0) is 43.2 Å². The van der Waals surface area contributed by atoms with Crippen LogP contribution in [-0.4, -0.2) is 7.11 Å². The summed E-state index contributed by atoms with van der Waals surface area (Å²) in [6, 6.07) is 11.8. The van der Waals surface area contributed by atoms with E-state index in [1.165, 1.54) is 0 Å². The topological polar surface area (TPSA) is 47.3 Å². The van der Waals surface area contributed by atoms with E-state index in [9.17, 15) is 0 Å². The molecule has 0 aliphatic carbocycles. The molecule has 0 fully saturated rings. The molecule has 1 unspecified atom stereocenters. The number of hydrazine groups is 1. The highest BCUT2D eigenvalue weighted by molar-refractivity contribution is 6.30. The van der Waals surface area contributed by atoms with Crippen LogP contribution in [0.4, 0.5) is 0 Å². The van der Waals surface area contributed by atoms with E-state index >= 15 is 0 Å². The van der Waals surface area contributed by atoms with Gasteiger partial charge in [-0.2, -0.15) is 0 Å². The molecule has 4 heteroatoms. The van der Waals surface area contributed by atoms with Crippen molar-refractivity contribution in [2.45, 2.75) is 19.9 Å². The van der Waals surface area contributed by atoms with Gasteiger partial charge in [0.25, 0.3) is 0 Å². The Morgan fingerprint density at radius 2 is 1.85 bits per heavy atom. The van der Waals surface area contributed by atoms with Crippen molar-refractivity contribution in [3.63, 3.8) is 0 Å². The summed E-state index contributed by atoms with van der Waals surface area (Å²) in [5, 5.41) is 0.701. The molecule has 0 aliphatic rings. The molecule has 106 valence electrons. The predicted octanol–water partition coefficient (Wildman–Crippen LogP) is 3.52. The van der Waals surface area contributed by atoms with Crippen molar-refractivity contribution in [3.05, 3.63) is 63.7 Å². The SMILES string of the molecule is COc1ccc(C)cc1C(NN)c1cc(C)cc(Cl)c1. The van der Waals surface area contributed by atoms with Crippen molar-refractivity contribution in [2.75, 3.05) is 7.11 Å². The quantitative estimate of drug-likeness (QED) is 0.669.